The van der Waals surface area contributed by atoms with Crippen molar-refractivity contribution in [3.05, 3.63) is 11.6 Å². The van der Waals surface area contributed by atoms with Crippen molar-refractivity contribution < 1.29 is 19.4 Å². The van der Waals surface area contributed by atoms with Gasteiger partial charge in [-0.2, -0.15) is 0 Å². The van der Waals surface area contributed by atoms with Gasteiger partial charge in [-0.25, -0.2) is 0 Å². The molecular weight excluding hydrogens is 232 g/mol. The maximum atomic E-state index is 11.5. The van der Waals surface area contributed by atoms with Crippen LogP contribution >= 0.6 is 0 Å². The van der Waals surface area contributed by atoms with Crippen LogP contribution in [0.5, 0.6) is 0 Å². The second-order valence-electron chi connectivity index (χ2n) is 6.03. The molecule has 4 nitrogen and oxygen atoms in total. The van der Waals surface area contributed by atoms with Crippen LogP contribution in [-0.2, 0) is 14.3 Å². The fraction of sp³-hybridized carbons (Fsp3) is 0.786. The van der Waals surface area contributed by atoms with Gasteiger partial charge in [0.15, 0.2) is 0 Å². The maximum absolute atomic E-state index is 11.5. The molecule has 100 valence electrons. The number of carbonyl (C=O) groups is 1. The van der Waals surface area contributed by atoms with E-state index < -0.39 is 6.10 Å². The molecule has 3 rings (SSSR count). The van der Waals surface area contributed by atoms with E-state index in [1.807, 2.05) is 6.92 Å². The van der Waals surface area contributed by atoms with Crippen LogP contribution in [0.4, 0.5) is 0 Å². The van der Waals surface area contributed by atoms with Gasteiger partial charge < -0.3 is 14.6 Å². The highest BCUT2D eigenvalue weighted by atomic mass is 16.6. The van der Waals surface area contributed by atoms with Crippen molar-refractivity contribution in [3.8, 4) is 0 Å². The SMILES string of the molecule is C/C1=C\CCC2(C)OC2C(O)[C@@H]2CC(=O)O[C@H]2C1. The number of esters is 1. The topological polar surface area (TPSA) is 59.1 Å². The third-order valence-electron chi connectivity index (χ3n) is 4.51. The Bertz CT molecular complexity index is 403. The predicted molar refractivity (Wildman–Crippen MR) is 64.9 cm³/mol. The lowest BCUT2D eigenvalue weighted by Crippen LogP contribution is -2.35. The van der Waals surface area contributed by atoms with Gasteiger partial charge in [0.2, 0.25) is 0 Å². The lowest BCUT2D eigenvalue weighted by molar-refractivity contribution is -0.141. The van der Waals surface area contributed by atoms with Crippen LogP contribution in [0, 0.1) is 5.92 Å². The Kier molecular flexibility index (Phi) is 2.75. The number of epoxide rings is 1. The molecule has 0 bridgehead atoms. The highest BCUT2D eigenvalue weighted by Crippen LogP contribution is 2.47. The van der Waals surface area contributed by atoms with Crippen molar-refractivity contribution in [1.82, 2.24) is 0 Å². The molecule has 2 aliphatic heterocycles. The molecule has 5 atom stereocenters. The molecule has 2 heterocycles. The van der Waals surface area contributed by atoms with Crippen molar-refractivity contribution in [2.45, 2.75) is 63.4 Å². The minimum Gasteiger partial charge on any atom is -0.462 e. The van der Waals surface area contributed by atoms with Crippen LogP contribution in [0.1, 0.15) is 39.5 Å². The van der Waals surface area contributed by atoms with E-state index in [2.05, 4.69) is 13.0 Å². The zero-order valence-corrected chi connectivity index (χ0v) is 10.9. The van der Waals surface area contributed by atoms with E-state index >= 15 is 0 Å². The van der Waals surface area contributed by atoms with Gasteiger partial charge in [-0.3, -0.25) is 4.79 Å². The number of hydrogen-bond acceptors (Lipinski definition) is 4. The summed E-state index contributed by atoms with van der Waals surface area (Å²) < 4.78 is 11.0. The summed E-state index contributed by atoms with van der Waals surface area (Å²) >= 11 is 0. The highest BCUT2D eigenvalue weighted by Gasteiger charge is 2.59. The van der Waals surface area contributed by atoms with E-state index in [4.69, 9.17) is 9.47 Å². The number of fused-ring (bicyclic) bond motifs is 2. The number of hydrogen-bond donors (Lipinski definition) is 1. The predicted octanol–water partition coefficient (Wildman–Crippen LogP) is 1.57. The van der Waals surface area contributed by atoms with Gasteiger partial charge in [-0.1, -0.05) is 11.6 Å². The minimum atomic E-state index is -0.586. The van der Waals surface area contributed by atoms with Crippen LogP contribution in [0.2, 0.25) is 0 Å². The standard InChI is InChI=1S/C14H20O4/c1-8-4-3-5-14(2)13(18-14)12(16)9-7-11(15)17-10(9)6-8/h4,9-10,12-13,16H,3,5-7H2,1-2H3/b8-4+/t9-,10+,12?,13?,14?/m1/s1. The fourth-order valence-electron chi connectivity index (χ4n) is 3.28. The molecule has 1 N–H and O–H groups in total. The average molecular weight is 252 g/mol. The van der Waals surface area contributed by atoms with Crippen LogP contribution in [0.25, 0.3) is 0 Å². The highest BCUT2D eigenvalue weighted by molar-refractivity contribution is 5.72. The molecule has 2 saturated heterocycles. The first-order chi connectivity index (χ1) is 8.49. The van der Waals surface area contributed by atoms with Crippen LogP contribution in [0.15, 0.2) is 11.6 Å². The Labute approximate surface area is 107 Å². The number of allylic oxidation sites excluding steroid dienone is 1. The third kappa shape index (κ3) is 1.97. The van der Waals surface area contributed by atoms with E-state index in [1.54, 1.807) is 0 Å². The molecule has 4 heteroatoms. The molecule has 0 amide bonds. The summed E-state index contributed by atoms with van der Waals surface area (Å²) in [6.45, 7) is 4.10. The molecule has 0 aromatic heterocycles. The molecule has 0 saturated carbocycles. The van der Waals surface area contributed by atoms with Crippen molar-refractivity contribution in [3.63, 3.8) is 0 Å². The summed E-state index contributed by atoms with van der Waals surface area (Å²) in [6, 6.07) is 0. The maximum Gasteiger partial charge on any atom is 0.306 e. The van der Waals surface area contributed by atoms with Crippen LogP contribution in [0.3, 0.4) is 0 Å². The third-order valence-corrected chi connectivity index (χ3v) is 4.51. The monoisotopic (exact) mass is 252 g/mol. The lowest BCUT2D eigenvalue weighted by Gasteiger charge is -2.23. The molecule has 18 heavy (non-hydrogen) atoms. The average Bonchev–Trinajstić information content (AvgIpc) is 2.82. The number of carbonyl (C=O) groups excluding carboxylic acids is 1. The zero-order valence-electron chi connectivity index (χ0n) is 10.9. The summed E-state index contributed by atoms with van der Waals surface area (Å²) in [4.78, 5) is 11.5. The van der Waals surface area contributed by atoms with Crippen molar-refractivity contribution >= 4 is 5.97 Å². The van der Waals surface area contributed by atoms with Gasteiger partial charge in [-0.05, 0) is 26.7 Å². The lowest BCUT2D eigenvalue weighted by atomic mass is 9.84. The van der Waals surface area contributed by atoms with E-state index in [-0.39, 0.29) is 29.7 Å². The largest absolute Gasteiger partial charge is 0.462 e. The zero-order chi connectivity index (χ0) is 12.9. The van der Waals surface area contributed by atoms with E-state index in [1.165, 1.54) is 5.57 Å². The quantitative estimate of drug-likeness (QED) is 0.404. The Hall–Kier alpha value is -0.870. The van der Waals surface area contributed by atoms with Gasteiger partial charge in [0.1, 0.15) is 12.2 Å². The Balaban J connectivity index is 1.86. The first-order valence-electron chi connectivity index (χ1n) is 6.70. The Morgan fingerprint density at radius 1 is 1.44 bits per heavy atom. The minimum absolute atomic E-state index is 0.120. The number of aliphatic hydroxyl groups is 1. The van der Waals surface area contributed by atoms with Gasteiger partial charge in [0.25, 0.3) is 0 Å². The Morgan fingerprint density at radius 2 is 2.22 bits per heavy atom. The van der Waals surface area contributed by atoms with Gasteiger partial charge in [-0.15, -0.1) is 0 Å². The normalized spacial score (nSPS) is 50.6. The summed E-state index contributed by atoms with van der Waals surface area (Å²) in [5, 5.41) is 10.4. The van der Waals surface area contributed by atoms with E-state index in [9.17, 15) is 9.90 Å². The smallest absolute Gasteiger partial charge is 0.306 e. The van der Waals surface area contributed by atoms with Gasteiger partial charge >= 0.3 is 5.97 Å². The van der Waals surface area contributed by atoms with Crippen molar-refractivity contribution in [1.29, 1.82) is 0 Å². The second-order valence-corrected chi connectivity index (χ2v) is 6.03. The molecule has 0 aromatic rings. The fourth-order valence-corrected chi connectivity index (χ4v) is 3.28. The summed E-state index contributed by atoms with van der Waals surface area (Å²) in [5.74, 6) is -0.316. The van der Waals surface area contributed by atoms with Gasteiger partial charge in [0.05, 0.1) is 18.1 Å². The number of rotatable bonds is 0. The van der Waals surface area contributed by atoms with Crippen molar-refractivity contribution in [2.75, 3.05) is 0 Å². The summed E-state index contributed by atoms with van der Waals surface area (Å²) in [7, 11) is 0. The number of ether oxygens (including phenoxy) is 2. The van der Waals surface area contributed by atoms with E-state index in [0.717, 1.165) is 19.3 Å². The van der Waals surface area contributed by atoms with Gasteiger partial charge in [0, 0.05) is 12.3 Å². The molecule has 0 spiro atoms. The molecule has 0 radical (unpaired) electrons. The van der Waals surface area contributed by atoms with Crippen LogP contribution in [-0.4, -0.2) is 35.0 Å². The molecule has 0 aromatic carbocycles. The Morgan fingerprint density at radius 3 is 3.00 bits per heavy atom. The number of aliphatic hydroxyl groups excluding tert-OH is 1. The molecular formula is C14H20O4. The molecule has 2 fully saturated rings. The van der Waals surface area contributed by atoms with Crippen molar-refractivity contribution in [2.24, 2.45) is 5.92 Å². The molecule has 3 aliphatic rings. The summed E-state index contributed by atoms with van der Waals surface area (Å²) in [6.07, 6.45) is 4.23. The van der Waals surface area contributed by atoms with Crippen LogP contribution < -0.4 is 0 Å². The second kappa shape index (κ2) is 4.07. The first kappa shape index (κ1) is 12.2. The molecule has 3 unspecified atom stereocenters. The molecule has 1 aliphatic carbocycles. The first-order valence-corrected chi connectivity index (χ1v) is 6.70. The van der Waals surface area contributed by atoms with E-state index in [0.29, 0.717) is 6.42 Å². The summed E-state index contributed by atoms with van der Waals surface area (Å²) in [5.41, 5.74) is 1.01.